The second-order valence-electron chi connectivity index (χ2n) is 3.80. The number of phosphoric acid groups is 1. The number of nitrogens with two attached hydrogens (primary N) is 1. The molecule has 0 aromatic carbocycles. The van der Waals surface area contributed by atoms with Gasteiger partial charge in [0.15, 0.2) is 6.29 Å². The Bertz CT molecular complexity index is 559. The normalized spacial score (nSPS) is 15.1. The lowest BCUT2D eigenvalue weighted by atomic mass is 10.1. The van der Waals surface area contributed by atoms with Crippen molar-refractivity contribution in [3.8, 4) is 0 Å². The highest BCUT2D eigenvalue weighted by Gasteiger charge is 2.27. The third-order valence-corrected chi connectivity index (χ3v) is 2.48. The van der Waals surface area contributed by atoms with Crippen LogP contribution in [0.25, 0.3) is 0 Å². The van der Waals surface area contributed by atoms with Gasteiger partial charge in [-0.3, -0.25) is 9.51 Å². The minimum atomic E-state index is -4.74. The van der Waals surface area contributed by atoms with Crippen molar-refractivity contribution >= 4 is 19.9 Å². The van der Waals surface area contributed by atoms with Gasteiger partial charge in [0.25, 0.3) is 0 Å². The van der Waals surface area contributed by atoms with E-state index < -0.39 is 38.4 Å². The number of aliphatic hydroxyl groups excluding tert-OH is 3. The van der Waals surface area contributed by atoms with Crippen LogP contribution in [-0.4, -0.2) is 66.3 Å². The molecule has 0 aliphatic carbocycles. The average Bonchev–Trinajstić information content (AvgIpc) is 2.42. The lowest BCUT2D eigenvalue weighted by Crippen LogP contribution is -2.40. The van der Waals surface area contributed by atoms with E-state index in [-0.39, 0.29) is 6.29 Å². The van der Waals surface area contributed by atoms with E-state index in [2.05, 4.69) is 14.5 Å². The second-order valence-corrected chi connectivity index (χ2v) is 5.04. The maximum absolute atomic E-state index is 10.2. The quantitative estimate of drug-likeness (QED) is 0.201. The lowest BCUT2D eigenvalue weighted by Gasteiger charge is -2.19. The fraction of sp³-hybridized carbons (Fsp3) is 0.444. The molecule has 0 amide bonds. The number of aromatic nitrogens is 2. The van der Waals surface area contributed by atoms with Crippen LogP contribution < -0.4 is 11.4 Å². The molecule has 0 unspecified atom stereocenters. The zero-order valence-corrected chi connectivity index (χ0v) is 11.9. The number of hydrogen-bond acceptors (Lipinski definition) is 9. The Morgan fingerprint density at radius 2 is 2.00 bits per heavy atom. The molecule has 8 N–H and O–H groups in total. The summed E-state index contributed by atoms with van der Waals surface area (Å²) < 4.78 is 14.0. The van der Waals surface area contributed by atoms with Gasteiger partial charge in [-0.2, -0.15) is 0 Å². The molecule has 0 aliphatic rings. The molecule has 0 spiro atoms. The van der Waals surface area contributed by atoms with E-state index in [1.807, 2.05) is 0 Å². The molecule has 0 saturated heterocycles. The van der Waals surface area contributed by atoms with Gasteiger partial charge in [-0.25, -0.2) is 14.3 Å². The third-order valence-electron chi connectivity index (χ3n) is 1.99. The molecule has 22 heavy (non-hydrogen) atoms. The standard InChI is InChI=1S/C5H11O8P.C4H5N3O/c6-1-3(7)5(9)4(8)2-13-14(10,11)12;5-3-1-2-6-4(8)7-3/h1,3-5,7-9H,2H2,(H2,10,11,12);1-2H,(H3,5,6,7,8)/t3-,4-,5+;/m1./s1. The van der Waals surface area contributed by atoms with E-state index in [0.717, 1.165) is 0 Å². The van der Waals surface area contributed by atoms with Crippen molar-refractivity contribution in [1.82, 2.24) is 9.97 Å². The molecular formula is C9H16N3O9P. The summed E-state index contributed by atoms with van der Waals surface area (Å²) in [5.41, 5.74) is 4.75. The van der Waals surface area contributed by atoms with Crippen molar-refractivity contribution in [3.05, 3.63) is 22.7 Å². The first-order chi connectivity index (χ1) is 10.1. The van der Waals surface area contributed by atoms with Gasteiger partial charge in [0.05, 0.1) is 6.61 Å². The Kier molecular flexibility index (Phi) is 8.67. The first-order valence-electron chi connectivity index (χ1n) is 5.57. The van der Waals surface area contributed by atoms with Crippen LogP contribution in [0.1, 0.15) is 0 Å². The number of rotatable bonds is 6. The van der Waals surface area contributed by atoms with Crippen LogP contribution in [0.5, 0.6) is 0 Å². The van der Waals surface area contributed by atoms with Gasteiger partial charge in [0.2, 0.25) is 0 Å². The van der Waals surface area contributed by atoms with Gasteiger partial charge in [-0.15, -0.1) is 0 Å². The molecule has 0 saturated carbocycles. The monoisotopic (exact) mass is 341 g/mol. The second kappa shape index (κ2) is 9.38. The summed E-state index contributed by atoms with van der Waals surface area (Å²) in [5, 5.41) is 26.6. The predicted octanol–water partition coefficient (Wildman–Crippen LogP) is -3.27. The molecule has 12 nitrogen and oxygen atoms in total. The van der Waals surface area contributed by atoms with Crippen molar-refractivity contribution in [1.29, 1.82) is 0 Å². The van der Waals surface area contributed by atoms with Gasteiger partial charge < -0.3 is 35.6 Å². The van der Waals surface area contributed by atoms with Gasteiger partial charge in [-0.05, 0) is 6.07 Å². The van der Waals surface area contributed by atoms with Gasteiger partial charge in [0.1, 0.15) is 24.1 Å². The largest absolute Gasteiger partial charge is 0.469 e. The van der Waals surface area contributed by atoms with Gasteiger partial charge >= 0.3 is 13.5 Å². The minimum Gasteiger partial charge on any atom is -0.388 e. The van der Waals surface area contributed by atoms with Crippen LogP contribution in [0.4, 0.5) is 5.82 Å². The molecule has 126 valence electrons. The molecule has 1 heterocycles. The molecule has 3 atom stereocenters. The molecule has 13 heteroatoms. The highest BCUT2D eigenvalue weighted by Crippen LogP contribution is 2.35. The van der Waals surface area contributed by atoms with Gasteiger partial charge in [0, 0.05) is 6.20 Å². The molecule has 1 rings (SSSR count). The summed E-state index contributed by atoms with van der Waals surface area (Å²) in [6, 6.07) is 1.52. The minimum absolute atomic E-state index is 0.0225. The smallest absolute Gasteiger partial charge is 0.388 e. The molecule has 0 fully saturated rings. The number of H-pyrrole nitrogens is 1. The SMILES string of the molecule is Nc1ccnc(=O)[nH]1.O=C[C@@H](O)[C@H](O)[C@H](O)COP(=O)(O)O. The number of nitrogens with zero attached hydrogens (tertiary/aromatic N) is 1. The van der Waals surface area contributed by atoms with Crippen LogP contribution in [0.2, 0.25) is 0 Å². The van der Waals surface area contributed by atoms with Crippen LogP contribution in [0.15, 0.2) is 17.1 Å². The number of nitrogens with one attached hydrogen (secondary N) is 1. The summed E-state index contributed by atoms with van der Waals surface area (Å²) in [6.07, 6.45) is -4.10. The zero-order chi connectivity index (χ0) is 17.3. The maximum atomic E-state index is 10.2. The maximum Gasteiger partial charge on any atom is 0.469 e. The molecule has 0 radical (unpaired) electrons. The summed E-state index contributed by atoms with van der Waals surface area (Å²) in [4.78, 5) is 42.2. The summed E-state index contributed by atoms with van der Waals surface area (Å²) in [6.45, 7) is -0.893. The van der Waals surface area contributed by atoms with Crippen molar-refractivity contribution < 1.29 is 39.0 Å². The Morgan fingerprint density at radius 3 is 2.36 bits per heavy atom. The van der Waals surface area contributed by atoms with E-state index in [1.54, 1.807) is 0 Å². The Hall–Kier alpha value is -1.66. The summed E-state index contributed by atoms with van der Waals surface area (Å²) in [7, 11) is -4.74. The number of carbonyl (C=O) groups is 1. The fourth-order valence-electron chi connectivity index (χ4n) is 0.963. The first-order valence-corrected chi connectivity index (χ1v) is 7.10. The van der Waals surface area contributed by atoms with Crippen molar-refractivity contribution in [3.63, 3.8) is 0 Å². The number of aliphatic hydroxyl groups is 3. The Morgan fingerprint density at radius 1 is 1.41 bits per heavy atom. The van der Waals surface area contributed by atoms with Crippen molar-refractivity contribution in [2.75, 3.05) is 12.3 Å². The van der Waals surface area contributed by atoms with Crippen LogP contribution in [0.3, 0.4) is 0 Å². The number of aromatic amines is 1. The Labute approximate surface area is 123 Å². The average molecular weight is 341 g/mol. The number of hydrogen-bond donors (Lipinski definition) is 7. The summed E-state index contributed by atoms with van der Waals surface area (Å²) >= 11 is 0. The van der Waals surface area contributed by atoms with Crippen LogP contribution >= 0.6 is 7.82 Å². The number of anilines is 1. The van der Waals surface area contributed by atoms with E-state index in [9.17, 15) is 14.2 Å². The highest BCUT2D eigenvalue weighted by molar-refractivity contribution is 7.46. The van der Waals surface area contributed by atoms with E-state index >= 15 is 0 Å². The predicted molar refractivity (Wildman–Crippen MR) is 71.4 cm³/mol. The van der Waals surface area contributed by atoms with E-state index in [1.165, 1.54) is 12.3 Å². The van der Waals surface area contributed by atoms with Gasteiger partial charge in [-0.1, -0.05) is 0 Å². The van der Waals surface area contributed by atoms with E-state index in [4.69, 9.17) is 30.8 Å². The highest BCUT2D eigenvalue weighted by atomic mass is 31.2. The van der Waals surface area contributed by atoms with E-state index in [0.29, 0.717) is 5.82 Å². The van der Waals surface area contributed by atoms with Crippen LogP contribution in [0, 0.1) is 0 Å². The summed E-state index contributed by atoms with van der Waals surface area (Å²) in [5.74, 6) is 0.338. The lowest BCUT2D eigenvalue weighted by molar-refractivity contribution is -0.127. The number of carbonyl (C=O) groups excluding carboxylic acids is 1. The number of nitrogen functional groups attached to an aromatic ring is 1. The fourth-order valence-corrected chi connectivity index (χ4v) is 1.31. The van der Waals surface area contributed by atoms with Crippen molar-refractivity contribution in [2.45, 2.75) is 18.3 Å². The van der Waals surface area contributed by atoms with Crippen LogP contribution in [-0.2, 0) is 13.9 Å². The molecule has 1 aromatic rings. The first kappa shape index (κ1) is 20.3. The molecule has 0 aliphatic heterocycles. The molecule has 1 aromatic heterocycles. The van der Waals surface area contributed by atoms with Crippen molar-refractivity contribution in [2.24, 2.45) is 0 Å². The topological polar surface area (TPSA) is 216 Å². The molecule has 0 bridgehead atoms. The molecular weight excluding hydrogens is 325 g/mol. The number of phosphoric ester groups is 1. The number of aldehydes is 1. The zero-order valence-electron chi connectivity index (χ0n) is 11.0. The Balaban J connectivity index is 0.000000461. The third kappa shape index (κ3) is 9.31.